The van der Waals surface area contributed by atoms with E-state index in [2.05, 4.69) is 19.1 Å². The second kappa shape index (κ2) is 18.5. The first-order valence-electron chi connectivity index (χ1n) is 10.6. The van der Waals surface area contributed by atoms with Crippen LogP contribution in [-0.2, 0) is 14.3 Å². The van der Waals surface area contributed by atoms with Crippen molar-refractivity contribution in [3.63, 3.8) is 0 Å². The van der Waals surface area contributed by atoms with Gasteiger partial charge in [0.2, 0.25) is 0 Å². The van der Waals surface area contributed by atoms with E-state index in [0.29, 0.717) is 0 Å². The molecule has 0 aromatic heterocycles. The predicted molar refractivity (Wildman–Crippen MR) is 107 cm³/mol. The Morgan fingerprint density at radius 1 is 0.846 bits per heavy atom. The Kier molecular flexibility index (Phi) is 17.5. The number of aliphatic carboxylic acids is 1. The number of carbonyl (C=O) groups is 2. The Morgan fingerprint density at radius 3 is 1.96 bits per heavy atom. The number of ether oxygens (including phenoxy) is 1. The molecule has 0 rings (SSSR count). The van der Waals surface area contributed by atoms with Gasteiger partial charge in [0.25, 0.3) is 0 Å². The minimum absolute atomic E-state index is 0.0370. The van der Waals surface area contributed by atoms with Crippen molar-refractivity contribution in [1.29, 1.82) is 0 Å². The smallest absolute Gasteiger partial charge is 0.306 e. The van der Waals surface area contributed by atoms with Crippen LogP contribution in [0.1, 0.15) is 110 Å². The van der Waals surface area contributed by atoms with E-state index >= 15 is 0 Å². The van der Waals surface area contributed by atoms with Gasteiger partial charge in [-0.3, -0.25) is 9.59 Å². The van der Waals surface area contributed by atoms with E-state index in [1.54, 1.807) is 0 Å². The van der Waals surface area contributed by atoms with E-state index in [4.69, 9.17) is 9.84 Å². The molecule has 4 nitrogen and oxygen atoms in total. The van der Waals surface area contributed by atoms with Crippen LogP contribution in [0.3, 0.4) is 0 Å². The molecule has 0 aliphatic rings. The van der Waals surface area contributed by atoms with Crippen molar-refractivity contribution < 1.29 is 19.4 Å². The molecule has 0 saturated carbocycles. The van der Waals surface area contributed by atoms with Gasteiger partial charge in [-0.05, 0) is 45.4 Å². The van der Waals surface area contributed by atoms with Crippen LogP contribution in [-0.4, -0.2) is 23.1 Å². The largest absolute Gasteiger partial charge is 0.481 e. The van der Waals surface area contributed by atoms with E-state index in [0.717, 1.165) is 25.7 Å². The van der Waals surface area contributed by atoms with E-state index in [1.807, 2.05) is 6.92 Å². The minimum Gasteiger partial charge on any atom is -0.481 e. The average molecular weight is 369 g/mol. The van der Waals surface area contributed by atoms with Crippen molar-refractivity contribution >= 4 is 11.9 Å². The summed E-state index contributed by atoms with van der Waals surface area (Å²) in [5, 5.41) is 8.53. The summed E-state index contributed by atoms with van der Waals surface area (Å²) in [4.78, 5) is 21.8. The van der Waals surface area contributed by atoms with E-state index < -0.39 is 11.9 Å². The fourth-order valence-corrected chi connectivity index (χ4v) is 2.88. The van der Waals surface area contributed by atoms with Crippen molar-refractivity contribution in [3.05, 3.63) is 12.2 Å². The molecule has 1 unspecified atom stereocenters. The summed E-state index contributed by atoms with van der Waals surface area (Å²) in [7, 11) is 0. The van der Waals surface area contributed by atoms with Crippen LogP contribution in [0.4, 0.5) is 0 Å². The molecule has 0 aliphatic heterocycles. The van der Waals surface area contributed by atoms with E-state index in [-0.39, 0.29) is 18.9 Å². The van der Waals surface area contributed by atoms with Gasteiger partial charge in [-0.15, -0.1) is 0 Å². The molecule has 0 heterocycles. The number of rotatable bonds is 18. The van der Waals surface area contributed by atoms with Gasteiger partial charge in [0.05, 0.1) is 18.9 Å². The van der Waals surface area contributed by atoms with Gasteiger partial charge in [-0.2, -0.15) is 0 Å². The number of hydrogen-bond acceptors (Lipinski definition) is 3. The third-order valence-corrected chi connectivity index (χ3v) is 4.50. The maximum absolute atomic E-state index is 11.4. The SMILES string of the molecule is CCCCCCCCC=CCCCCCCC(C)OC(=O)CCC(=O)O. The molecule has 0 aliphatic carbocycles. The molecule has 152 valence electrons. The molecule has 0 bridgehead atoms. The zero-order valence-corrected chi connectivity index (χ0v) is 17.0. The molecule has 1 N–H and O–H groups in total. The molecule has 0 amide bonds. The topological polar surface area (TPSA) is 63.6 Å². The lowest BCUT2D eigenvalue weighted by Gasteiger charge is -2.12. The molecule has 1 atom stereocenters. The van der Waals surface area contributed by atoms with Crippen LogP contribution in [0.15, 0.2) is 12.2 Å². The molecular formula is C22H40O4. The highest BCUT2D eigenvalue weighted by Crippen LogP contribution is 2.11. The van der Waals surface area contributed by atoms with Gasteiger partial charge in [0.1, 0.15) is 0 Å². The summed E-state index contributed by atoms with van der Waals surface area (Å²) in [5.41, 5.74) is 0. The number of carboxylic acid groups (broad SMARTS) is 1. The van der Waals surface area contributed by atoms with E-state index in [1.165, 1.54) is 57.8 Å². The maximum Gasteiger partial charge on any atom is 0.306 e. The number of hydrogen-bond donors (Lipinski definition) is 1. The van der Waals surface area contributed by atoms with E-state index in [9.17, 15) is 9.59 Å². The molecule has 0 aromatic rings. The van der Waals surface area contributed by atoms with Gasteiger partial charge >= 0.3 is 11.9 Å². The van der Waals surface area contributed by atoms with Crippen molar-refractivity contribution in [2.75, 3.05) is 0 Å². The second-order valence-corrected chi connectivity index (χ2v) is 7.21. The number of esters is 1. The lowest BCUT2D eigenvalue weighted by Crippen LogP contribution is -2.15. The summed E-state index contributed by atoms with van der Waals surface area (Å²) >= 11 is 0. The lowest BCUT2D eigenvalue weighted by molar-refractivity contribution is -0.151. The van der Waals surface area contributed by atoms with Gasteiger partial charge in [0.15, 0.2) is 0 Å². The molecule has 0 spiro atoms. The quantitative estimate of drug-likeness (QED) is 0.172. The van der Waals surface area contributed by atoms with Crippen LogP contribution < -0.4 is 0 Å². The summed E-state index contributed by atoms with van der Waals surface area (Å²) in [6.45, 7) is 4.13. The number of allylic oxidation sites excluding steroid dienone is 2. The first kappa shape index (κ1) is 24.7. The second-order valence-electron chi connectivity index (χ2n) is 7.21. The average Bonchev–Trinajstić information content (AvgIpc) is 2.60. The molecule has 0 radical (unpaired) electrons. The van der Waals surface area contributed by atoms with Gasteiger partial charge < -0.3 is 9.84 Å². The Labute approximate surface area is 160 Å². The van der Waals surface area contributed by atoms with Crippen molar-refractivity contribution in [1.82, 2.24) is 0 Å². The molecular weight excluding hydrogens is 328 g/mol. The fourth-order valence-electron chi connectivity index (χ4n) is 2.88. The maximum atomic E-state index is 11.4. The third-order valence-electron chi connectivity index (χ3n) is 4.50. The molecule has 0 aromatic carbocycles. The van der Waals surface area contributed by atoms with Crippen molar-refractivity contribution in [3.8, 4) is 0 Å². The van der Waals surface area contributed by atoms with Crippen molar-refractivity contribution in [2.45, 2.75) is 116 Å². The third kappa shape index (κ3) is 19.0. The highest BCUT2D eigenvalue weighted by atomic mass is 16.5. The standard InChI is InChI=1S/C22H40O4/c1-3-4-5-6-7-8-9-10-11-12-13-14-15-16-17-20(2)26-22(25)19-18-21(23)24/h10-11,20H,3-9,12-19H2,1-2H3,(H,23,24). The Balaban J connectivity index is 3.35. The van der Waals surface area contributed by atoms with Crippen molar-refractivity contribution in [2.24, 2.45) is 0 Å². The highest BCUT2D eigenvalue weighted by Gasteiger charge is 2.10. The van der Waals surface area contributed by atoms with Gasteiger partial charge in [0, 0.05) is 0 Å². The Morgan fingerprint density at radius 2 is 1.38 bits per heavy atom. The number of carbonyl (C=O) groups excluding carboxylic acids is 1. The summed E-state index contributed by atoms with van der Waals surface area (Å²) in [6.07, 6.45) is 20.4. The normalized spacial score (nSPS) is 12.4. The zero-order valence-electron chi connectivity index (χ0n) is 17.0. The number of unbranched alkanes of at least 4 members (excludes halogenated alkanes) is 10. The number of carboxylic acids is 1. The van der Waals surface area contributed by atoms with Crippen LogP contribution in [0.2, 0.25) is 0 Å². The lowest BCUT2D eigenvalue weighted by atomic mass is 10.1. The van der Waals surface area contributed by atoms with Gasteiger partial charge in [-0.1, -0.05) is 64.0 Å². The fraction of sp³-hybridized carbons (Fsp3) is 0.818. The van der Waals surface area contributed by atoms with Crippen LogP contribution >= 0.6 is 0 Å². The summed E-state index contributed by atoms with van der Waals surface area (Å²) in [6, 6.07) is 0. The minimum atomic E-state index is -0.962. The summed E-state index contributed by atoms with van der Waals surface area (Å²) < 4.78 is 5.20. The molecule has 4 heteroatoms. The highest BCUT2D eigenvalue weighted by molar-refractivity contribution is 5.76. The zero-order chi connectivity index (χ0) is 19.5. The van der Waals surface area contributed by atoms with Gasteiger partial charge in [-0.25, -0.2) is 0 Å². The first-order chi connectivity index (χ1) is 12.6. The Hall–Kier alpha value is -1.32. The molecule has 0 fully saturated rings. The summed E-state index contributed by atoms with van der Waals surface area (Å²) in [5.74, 6) is -1.37. The Bertz CT molecular complexity index is 376. The molecule has 26 heavy (non-hydrogen) atoms. The van der Waals surface area contributed by atoms with Crippen LogP contribution in [0.25, 0.3) is 0 Å². The monoisotopic (exact) mass is 368 g/mol. The first-order valence-corrected chi connectivity index (χ1v) is 10.6. The predicted octanol–water partition coefficient (Wildman–Crippen LogP) is 6.43. The van der Waals surface area contributed by atoms with Crippen LogP contribution in [0, 0.1) is 0 Å². The molecule has 0 saturated heterocycles. The van der Waals surface area contributed by atoms with Crippen LogP contribution in [0.5, 0.6) is 0 Å².